The van der Waals surface area contributed by atoms with Gasteiger partial charge in [0.05, 0.1) is 22.5 Å². The molecule has 2 aromatic rings. The molecule has 0 fully saturated rings. The Bertz CT molecular complexity index is 575. The first kappa shape index (κ1) is 15.2. The second kappa shape index (κ2) is 7.52. The van der Waals surface area contributed by atoms with Crippen LogP contribution < -0.4 is 16.4 Å². The van der Waals surface area contributed by atoms with Crippen LogP contribution in [-0.4, -0.2) is 29.0 Å². The largest absolute Gasteiger partial charge is 0.396 e. The number of hydrogen-bond donors (Lipinski definition) is 3. The van der Waals surface area contributed by atoms with Gasteiger partial charge in [0.25, 0.3) is 0 Å². The Balaban J connectivity index is 0.000000204. The fraction of sp³-hybridized carbons (Fsp3) is 0.167. The van der Waals surface area contributed by atoms with Crippen LogP contribution in [0.25, 0.3) is 0 Å². The Labute approximate surface area is 116 Å². The normalized spacial score (nSPS) is 9.10. The van der Waals surface area contributed by atoms with E-state index in [1.54, 1.807) is 25.5 Å². The molecule has 0 saturated heterocycles. The molecular weight excluding hydrogens is 260 g/mol. The van der Waals surface area contributed by atoms with E-state index in [1.807, 2.05) is 13.1 Å². The van der Waals surface area contributed by atoms with Crippen LogP contribution in [0.5, 0.6) is 0 Å². The Hall–Kier alpha value is -2.90. The van der Waals surface area contributed by atoms with Crippen molar-refractivity contribution in [2.45, 2.75) is 0 Å². The van der Waals surface area contributed by atoms with Gasteiger partial charge >= 0.3 is 5.69 Å². The third-order valence-electron chi connectivity index (χ3n) is 2.39. The van der Waals surface area contributed by atoms with E-state index >= 15 is 0 Å². The van der Waals surface area contributed by atoms with Gasteiger partial charge in [-0.15, -0.1) is 0 Å². The van der Waals surface area contributed by atoms with Gasteiger partial charge in [0, 0.05) is 26.5 Å². The van der Waals surface area contributed by atoms with Gasteiger partial charge in [0.2, 0.25) is 0 Å². The molecular formula is C12H16N6O2. The molecule has 0 aliphatic rings. The van der Waals surface area contributed by atoms with Crippen LogP contribution in [0.3, 0.4) is 0 Å². The number of pyridine rings is 2. The fourth-order valence-corrected chi connectivity index (χ4v) is 1.38. The first-order chi connectivity index (χ1) is 9.60. The molecule has 8 heteroatoms. The van der Waals surface area contributed by atoms with E-state index in [0.29, 0.717) is 11.4 Å². The zero-order valence-corrected chi connectivity index (χ0v) is 11.2. The molecule has 0 aromatic carbocycles. The lowest BCUT2D eigenvalue weighted by atomic mass is 10.3. The van der Waals surface area contributed by atoms with Crippen LogP contribution in [0.1, 0.15) is 0 Å². The summed E-state index contributed by atoms with van der Waals surface area (Å²) >= 11 is 0. The third kappa shape index (κ3) is 4.09. The summed E-state index contributed by atoms with van der Waals surface area (Å²) < 4.78 is 0. The van der Waals surface area contributed by atoms with Crippen LogP contribution in [-0.2, 0) is 0 Å². The average molecular weight is 276 g/mol. The molecule has 0 spiro atoms. The molecule has 2 heterocycles. The van der Waals surface area contributed by atoms with Crippen molar-refractivity contribution in [2.24, 2.45) is 0 Å². The molecule has 0 bridgehead atoms. The highest BCUT2D eigenvalue weighted by Gasteiger charge is 2.10. The van der Waals surface area contributed by atoms with Crippen LogP contribution in [0.15, 0.2) is 36.9 Å². The van der Waals surface area contributed by atoms with Crippen molar-refractivity contribution in [3.63, 3.8) is 0 Å². The summed E-state index contributed by atoms with van der Waals surface area (Å²) in [6.07, 6.45) is 6.03. The molecule has 8 nitrogen and oxygen atoms in total. The average Bonchev–Trinajstić information content (AvgIpc) is 2.48. The summed E-state index contributed by atoms with van der Waals surface area (Å²) in [7, 11) is 3.45. The number of nitrogen functional groups attached to an aromatic ring is 1. The van der Waals surface area contributed by atoms with Crippen molar-refractivity contribution in [1.82, 2.24) is 9.97 Å². The SMILES string of the molecule is CNc1ccncc1N.CNc1ccncc1[N+](=O)[O-]. The standard InChI is InChI=1S/C6H7N3O2.C6H9N3/c1-7-5-2-3-8-4-6(5)9(10)11;1-8-6-2-3-9-4-5(6)7/h2-4H,1H3,(H,7,8);2-4H,7H2,1H3,(H,8,9). The minimum atomic E-state index is -0.473. The number of nitrogens with zero attached hydrogens (tertiary/aromatic N) is 3. The van der Waals surface area contributed by atoms with E-state index in [1.165, 1.54) is 12.4 Å². The van der Waals surface area contributed by atoms with Crippen LogP contribution in [0.2, 0.25) is 0 Å². The number of anilines is 3. The quantitative estimate of drug-likeness (QED) is 0.577. The summed E-state index contributed by atoms with van der Waals surface area (Å²) in [5, 5.41) is 15.9. The minimum absolute atomic E-state index is 0.00463. The van der Waals surface area contributed by atoms with Gasteiger partial charge in [-0.3, -0.25) is 20.1 Å². The van der Waals surface area contributed by atoms with Crippen molar-refractivity contribution >= 4 is 22.7 Å². The number of hydrogen-bond acceptors (Lipinski definition) is 7. The summed E-state index contributed by atoms with van der Waals surface area (Å²) in [4.78, 5) is 17.3. The maximum atomic E-state index is 10.3. The number of nitro groups is 1. The number of nitrogens with two attached hydrogens (primary N) is 1. The Morgan fingerprint density at radius 3 is 2.05 bits per heavy atom. The maximum absolute atomic E-state index is 10.3. The van der Waals surface area contributed by atoms with Gasteiger partial charge in [-0.05, 0) is 12.1 Å². The highest BCUT2D eigenvalue weighted by Crippen LogP contribution is 2.20. The Morgan fingerprint density at radius 2 is 1.65 bits per heavy atom. The number of rotatable bonds is 3. The maximum Gasteiger partial charge on any atom is 0.310 e. The van der Waals surface area contributed by atoms with Crippen LogP contribution in [0, 0.1) is 10.1 Å². The molecule has 0 atom stereocenters. The predicted octanol–water partition coefficient (Wildman–Crippen LogP) is 1.74. The minimum Gasteiger partial charge on any atom is -0.396 e. The summed E-state index contributed by atoms with van der Waals surface area (Å²) in [6, 6.07) is 3.38. The highest BCUT2D eigenvalue weighted by atomic mass is 16.6. The zero-order chi connectivity index (χ0) is 15.0. The van der Waals surface area contributed by atoms with Crippen molar-refractivity contribution in [1.29, 1.82) is 0 Å². The van der Waals surface area contributed by atoms with Gasteiger partial charge in [-0.25, -0.2) is 0 Å². The molecule has 0 aliphatic carbocycles. The summed E-state index contributed by atoms with van der Waals surface area (Å²) in [5.74, 6) is 0. The van der Waals surface area contributed by atoms with E-state index < -0.39 is 4.92 Å². The van der Waals surface area contributed by atoms with E-state index in [9.17, 15) is 10.1 Å². The fourth-order valence-electron chi connectivity index (χ4n) is 1.38. The van der Waals surface area contributed by atoms with E-state index in [0.717, 1.165) is 5.69 Å². The molecule has 0 aliphatic heterocycles. The van der Waals surface area contributed by atoms with Crippen LogP contribution >= 0.6 is 0 Å². The van der Waals surface area contributed by atoms with Gasteiger partial charge in [-0.2, -0.15) is 0 Å². The van der Waals surface area contributed by atoms with Gasteiger partial charge in [-0.1, -0.05) is 0 Å². The van der Waals surface area contributed by atoms with E-state index in [4.69, 9.17) is 5.73 Å². The number of nitrogens with one attached hydrogen (secondary N) is 2. The first-order valence-electron chi connectivity index (χ1n) is 5.73. The van der Waals surface area contributed by atoms with E-state index in [-0.39, 0.29) is 5.69 Å². The van der Waals surface area contributed by atoms with Crippen molar-refractivity contribution in [2.75, 3.05) is 30.5 Å². The van der Waals surface area contributed by atoms with Crippen molar-refractivity contribution in [3.05, 3.63) is 47.0 Å². The van der Waals surface area contributed by atoms with Crippen molar-refractivity contribution in [3.8, 4) is 0 Å². The monoisotopic (exact) mass is 276 g/mol. The highest BCUT2D eigenvalue weighted by molar-refractivity contribution is 5.63. The molecule has 20 heavy (non-hydrogen) atoms. The summed E-state index contributed by atoms with van der Waals surface area (Å²) in [5.41, 5.74) is 7.58. The molecule has 2 aromatic heterocycles. The van der Waals surface area contributed by atoms with Gasteiger partial charge in [0.15, 0.2) is 0 Å². The molecule has 2 rings (SSSR count). The lowest BCUT2D eigenvalue weighted by molar-refractivity contribution is -0.384. The van der Waals surface area contributed by atoms with Crippen LogP contribution in [0.4, 0.5) is 22.7 Å². The van der Waals surface area contributed by atoms with E-state index in [2.05, 4.69) is 20.6 Å². The Morgan fingerprint density at radius 1 is 1.10 bits per heavy atom. The summed E-state index contributed by atoms with van der Waals surface area (Å²) in [6.45, 7) is 0. The second-order valence-corrected chi connectivity index (χ2v) is 3.61. The smallest absolute Gasteiger partial charge is 0.310 e. The first-order valence-corrected chi connectivity index (χ1v) is 5.73. The van der Waals surface area contributed by atoms with Crippen molar-refractivity contribution < 1.29 is 4.92 Å². The van der Waals surface area contributed by atoms with Gasteiger partial charge < -0.3 is 16.4 Å². The Kier molecular flexibility index (Phi) is 5.70. The molecule has 0 radical (unpaired) electrons. The third-order valence-corrected chi connectivity index (χ3v) is 2.39. The lowest BCUT2D eigenvalue weighted by Crippen LogP contribution is -1.96. The second-order valence-electron chi connectivity index (χ2n) is 3.61. The van der Waals surface area contributed by atoms with Gasteiger partial charge in [0.1, 0.15) is 11.9 Å². The molecule has 0 amide bonds. The zero-order valence-electron chi connectivity index (χ0n) is 11.2. The number of aromatic nitrogens is 2. The topological polar surface area (TPSA) is 119 Å². The lowest BCUT2D eigenvalue weighted by Gasteiger charge is -2.00. The predicted molar refractivity (Wildman–Crippen MR) is 78.6 cm³/mol. The molecule has 0 unspecified atom stereocenters. The molecule has 0 saturated carbocycles. The molecule has 4 N–H and O–H groups in total. The molecule has 106 valence electrons.